The van der Waals surface area contributed by atoms with E-state index >= 15 is 0 Å². The van der Waals surface area contributed by atoms with Crippen molar-refractivity contribution in [2.24, 2.45) is 0 Å². The summed E-state index contributed by atoms with van der Waals surface area (Å²) in [5.41, 5.74) is 2.35. The van der Waals surface area contributed by atoms with Crippen molar-refractivity contribution in [2.75, 3.05) is 5.32 Å². The van der Waals surface area contributed by atoms with Gasteiger partial charge in [0.25, 0.3) is 0 Å². The van der Waals surface area contributed by atoms with E-state index in [2.05, 4.69) is 20.6 Å². The van der Waals surface area contributed by atoms with Crippen molar-refractivity contribution in [1.82, 2.24) is 15.3 Å². The van der Waals surface area contributed by atoms with E-state index in [1.54, 1.807) is 6.33 Å². The van der Waals surface area contributed by atoms with Crippen LogP contribution in [0.5, 0.6) is 0 Å². The number of fused-ring (bicyclic) bond motifs is 1. The topological polar surface area (TPSA) is 66.9 Å². The summed E-state index contributed by atoms with van der Waals surface area (Å²) in [7, 11) is 0. The Bertz CT molecular complexity index is 499. The van der Waals surface area contributed by atoms with E-state index < -0.39 is 0 Å². The molecule has 0 bridgehead atoms. The summed E-state index contributed by atoms with van der Waals surface area (Å²) in [6, 6.07) is 0.145. The molecule has 1 heterocycles. The Morgan fingerprint density at radius 1 is 1.25 bits per heavy atom. The number of aryl methyl sites for hydroxylation is 1. The van der Waals surface area contributed by atoms with Gasteiger partial charge >= 0.3 is 0 Å². The number of carbonyl (C=O) groups is 1. The Kier molecular flexibility index (Phi) is 3.85. The van der Waals surface area contributed by atoms with Crippen LogP contribution in [0.25, 0.3) is 0 Å². The predicted octanol–water partition coefficient (Wildman–Crippen LogP) is 1.82. The maximum Gasteiger partial charge on any atom is 0.242 e. The number of nitrogens with zero attached hydrogens (tertiary/aromatic N) is 2. The summed E-state index contributed by atoms with van der Waals surface area (Å²) in [6.45, 7) is 1.89. The molecule has 1 amide bonds. The Hall–Kier alpha value is -1.65. The molecule has 1 atom stereocenters. The van der Waals surface area contributed by atoms with Crippen LogP contribution in [-0.4, -0.2) is 28.0 Å². The molecule has 1 saturated carbocycles. The van der Waals surface area contributed by atoms with E-state index in [0.29, 0.717) is 6.04 Å². The molecule has 108 valence electrons. The predicted molar refractivity (Wildman–Crippen MR) is 77.5 cm³/mol. The van der Waals surface area contributed by atoms with Crippen molar-refractivity contribution in [3.8, 4) is 0 Å². The maximum absolute atomic E-state index is 12.0. The molecule has 0 aromatic carbocycles. The molecule has 1 fully saturated rings. The average Bonchev–Trinajstić information content (AvgIpc) is 3.25. The molecular formula is C15H22N4O. The van der Waals surface area contributed by atoms with Crippen LogP contribution in [0.15, 0.2) is 6.33 Å². The van der Waals surface area contributed by atoms with Crippen LogP contribution in [0, 0.1) is 0 Å². The first-order chi connectivity index (χ1) is 9.74. The molecule has 5 heteroatoms. The molecule has 1 unspecified atom stereocenters. The van der Waals surface area contributed by atoms with Crippen molar-refractivity contribution < 1.29 is 4.79 Å². The fourth-order valence-corrected chi connectivity index (χ4v) is 2.65. The van der Waals surface area contributed by atoms with Gasteiger partial charge < -0.3 is 10.6 Å². The van der Waals surface area contributed by atoms with Crippen LogP contribution < -0.4 is 10.6 Å². The van der Waals surface area contributed by atoms with Crippen molar-refractivity contribution in [3.05, 3.63) is 17.6 Å². The van der Waals surface area contributed by atoms with Gasteiger partial charge in [0.05, 0.1) is 0 Å². The maximum atomic E-state index is 12.0. The number of aromatic nitrogens is 2. The molecular weight excluding hydrogens is 252 g/mol. The molecule has 1 aromatic heterocycles. The molecule has 0 radical (unpaired) electrons. The monoisotopic (exact) mass is 274 g/mol. The summed E-state index contributed by atoms with van der Waals surface area (Å²) in [5, 5.41) is 6.29. The summed E-state index contributed by atoms with van der Waals surface area (Å²) in [5.74, 6) is 0.906. The minimum atomic E-state index is -0.252. The second-order valence-corrected chi connectivity index (χ2v) is 5.86. The molecule has 1 aromatic rings. The molecule has 2 N–H and O–H groups in total. The van der Waals surface area contributed by atoms with Crippen LogP contribution in [0.3, 0.4) is 0 Å². The van der Waals surface area contributed by atoms with Gasteiger partial charge in [0.2, 0.25) is 5.91 Å². The number of hydrogen-bond acceptors (Lipinski definition) is 4. The lowest BCUT2D eigenvalue weighted by molar-refractivity contribution is -0.121. The minimum absolute atomic E-state index is 0.0634. The highest BCUT2D eigenvalue weighted by molar-refractivity contribution is 5.84. The quantitative estimate of drug-likeness (QED) is 0.822. The second kappa shape index (κ2) is 5.77. The zero-order valence-corrected chi connectivity index (χ0v) is 12.0. The molecule has 0 saturated heterocycles. The first-order valence-corrected chi connectivity index (χ1v) is 7.63. The molecule has 3 rings (SSSR count). The van der Waals surface area contributed by atoms with Gasteiger partial charge in [-0.1, -0.05) is 6.42 Å². The molecule has 0 spiro atoms. The first-order valence-electron chi connectivity index (χ1n) is 7.63. The van der Waals surface area contributed by atoms with Crippen molar-refractivity contribution in [1.29, 1.82) is 0 Å². The number of nitrogens with one attached hydrogen (secondary N) is 2. The van der Waals surface area contributed by atoms with Crippen LogP contribution in [0.2, 0.25) is 0 Å². The van der Waals surface area contributed by atoms with Crippen molar-refractivity contribution in [3.63, 3.8) is 0 Å². The molecule has 2 aliphatic carbocycles. The number of carbonyl (C=O) groups excluding carboxylic acids is 1. The first kappa shape index (κ1) is 13.3. The zero-order chi connectivity index (χ0) is 13.9. The zero-order valence-electron chi connectivity index (χ0n) is 12.0. The van der Waals surface area contributed by atoms with E-state index in [1.165, 1.54) is 24.8 Å². The van der Waals surface area contributed by atoms with Gasteiger partial charge in [0.15, 0.2) is 0 Å². The van der Waals surface area contributed by atoms with E-state index in [0.717, 1.165) is 37.2 Å². The lowest BCUT2D eigenvalue weighted by atomic mass is 10.1. The number of amides is 1. The van der Waals surface area contributed by atoms with E-state index in [4.69, 9.17) is 0 Å². The summed E-state index contributed by atoms with van der Waals surface area (Å²) in [6.07, 6.45) is 9.48. The van der Waals surface area contributed by atoms with Crippen LogP contribution in [-0.2, 0) is 17.6 Å². The third-order valence-electron chi connectivity index (χ3n) is 4.05. The Labute approximate surface area is 119 Å². The Morgan fingerprint density at radius 2 is 2.05 bits per heavy atom. The van der Waals surface area contributed by atoms with Crippen LogP contribution in [0.1, 0.15) is 50.3 Å². The van der Waals surface area contributed by atoms with Crippen LogP contribution in [0.4, 0.5) is 5.82 Å². The summed E-state index contributed by atoms with van der Waals surface area (Å²) in [4.78, 5) is 20.8. The van der Waals surface area contributed by atoms with Crippen molar-refractivity contribution in [2.45, 2.75) is 64.0 Å². The number of rotatable bonds is 4. The highest BCUT2D eigenvalue weighted by Gasteiger charge is 2.26. The third kappa shape index (κ3) is 3.08. The normalized spacial score (nSPS) is 19.6. The van der Waals surface area contributed by atoms with Gasteiger partial charge in [-0.25, -0.2) is 9.97 Å². The average molecular weight is 274 g/mol. The fraction of sp³-hybridized carbons (Fsp3) is 0.667. The fourth-order valence-electron chi connectivity index (χ4n) is 2.65. The van der Waals surface area contributed by atoms with E-state index in [1.807, 2.05) is 6.92 Å². The van der Waals surface area contributed by atoms with E-state index in [9.17, 15) is 4.79 Å². The molecule has 20 heavy (non-hydrogen) atoms. The van der Waals surface area contributed by atoms with Crippen molar-refractivity contribution >= 4 is 11.7 Å². The lowest BCUT2D eigenvalue weighted by Gasteiger charge is -2.17. The Morgan fingerprint density at radius 3 is 2.85 bits per heavy atom. The SMILES string of the molecule is CC(Nc1ncnc2c1CCCCC2)C(=O)NC1CC1. The van der Waals surface area contributed by atoms with Gasteiger partial charge in [-0.2, -0.15) is 0 Å². The summed E-state index contributed by atoms with van der Waals surface area (Å²) < 4.78 is 0. The van der Waals surface area contributed by atoms with Gasteiger partial charge in [0.1, 0.15) is 18.2 Å². The summed E-state index contributed by atoms with van der Waals surface area (Å²) >= 11 is 0. The van der Waals surface area contributed by atoms with E-state index in [-0.39, 0.29) is 11.9 Å². The van der Waals surface area contributed by atoms with Crippen LogP contribution >= 0.6 is 0 Å². The highest BCUT2D eigenvalue weighted by Crippen LogP contribution is 2.24. The standard InChI is InChI=1S/C15H22N4O/c1-10(15(20)19-11-7-8-11)18-14-12-5-3-2-4-6-13(12)16-9-17-14/h9-11H,2-8H2,1H3,(H,19,20)(H,16,17,18). The largest absolute Gasteiger partial charge is 0.358 e. The molecule has 2 aliphatic rings. The molecule has 5 nitrogen and oxygen atoms in total. The highest BCUT2D eigenvalue weighted by atomic mass is 16.2. The number of anilines is 1. The lowest BCUT2D eigenvalue weighted by Crippen LogP contribution is -2.39. The second-order valence-electron chi connectivity index (χ2n) is 5.86. The van der Waals surface area contributed by atoms with Gasteiger partial charge in [-0.05, 0) is 45.4 Å². The van der Waals surface area contributed by atoms with Gasteiger partial charge in [-0.15, -0.1) is 0 Å². The third-order valence-corrected chi connectivity index (χ3v) is 4.05. The van der Waals surface area contributed by atoms with Gasteiger partial charge in [0, 0.05) is 17.3 Å². The Balaban J connectivity index is 1.71. The molecule has 0 aliphatic heterocycles. The van der Waals surface area contributed by atoms with Gasteiger partial charge in [-0.3, -0.25) is 4.79 Å². The smallest absolute Gasteiger partial charge is 0.242 e. The number of hydrogen-bond donors (Lipinski definition) is 2. The minimum Gasteiger partial charge on any atom is -0.358 e.